The quantitative estimate of drug-likeness (QED) is 0.765. The van der Waals surface area contributed by atoms with Gasteiger partial charge in [-0.25, -0.2) is 0 Å². The van der Waals surface area contributed by atoms with Crippen LogP contribution in [0, 0.1) is 5.92 Å². The summed E-state index contributed by atoms with van der Waals surface area (Å²) in [6.45, 7) is 4.75. The summed E-state index contributed by atoms with van der Waals surface area (Å²) in [5.74, 6) is 1.32. The second-order valence-electron chi connectivity index (χ2n) is 4.48. The van der Waals surface area contributed by atoms with Gasteiger partial charge in [-0.3, -0.25) is 4.90 Å². The molecule has 1 heterocycles. The Hall–Kier alpha value is 0.0600. The minimum absolute atomic E-state index is 0.498. The normalized spacial score (nSPS) is 22.3. The van der Waals surface area contributed by atoms with Gasteiger partial charge in [0.15, 0.2) is 0 Å². The van der Waals surface area contributed by atoms with E-state index < -0.39 is 12.7 Å². The molecule has 0 aromatic rings. The van der Waals surface area contributed by atoms with Gasteiger partial charge in [0.2, 0.25) is 0 Å². The first-order chi connectivity index (χ1) is 7.40. The van der Waals surface area contributed by atoms with Crippen LogP contribution in [0.25, 0.3) is 0 Å². The Bertz CT molecular complexity index is 203. The van der Waals surface area contributed by atoms with Crippen LogP contribution < -0.4 is 0 Å². The Labute approximate surface area is 100 Å². The van der Waals surface area contributed by atoms with Crippen LogP contribution in [-0.2, 0) is 0 Å². The lowest BCUT2D eigenvalue weighted by Crippen LogP contribution is -2.50. The Morgan fingerprint density at radius 2 is 1.62 bits per heavy atom. The van der Waals surface area contributed by atoms with Crippen LogP contribution in [0.5, 0.6) is 0 Å². The van der Waals surface area contributed by atoms with Crippen molar-refractivity contribution in [1.29, 1.82) is 0 Å². The molecule has 1 rings (SSSR count). The van der Waals surface area contributed by atoms with Crippen LogP contribution in [0.4, 0.5) is 13.2 Å². The molecule has 0 radical (unpaired) electrons. The lowest BCUT2D eigenvalue weighted by Gasteiger charge is -2.35. The van der Waals surface area contributed by atoms with Crippen molar-refractivity contribution in [2.75, 3.05) is 45.0 Å². The Morgan fingerprint density at radius 1 is 1.12 bits per heavy atom. The summed E-state index contributed by atoms with van der Waals surface area (Å²) in [6.07, 6.45) is -4.07. The highest BCUT2D eigenvalue weighted by atomic mass is 32.1. The minimum atomic E-state index is -4.07. The molecule has 0 N–H and O–H groups in total. The fraction of sp³-hybridized carbons (Fsp3) is 1.00. The molecule has 2 nitrogen and oxygen atoms in total. The van der Waals surface area contributed by atoms with Gasteiger partial charge >= 0.3 is 6.18 Å². The monoisotopic (exact) mass is 256 g/mol. The van der Waals surface area contributed by atoms with Crippen LogP contribution in [0.1, 0.15) is 6.92 Å². The van der Waals surface area contributed by atoms with Crippen LogP contribution >= 0.6 is 12.6 Å². The average Bonchev–Trinajstić information content (AvgIpc) is 2.18. The zero-order chi connectivity index (χ0) is 12.2. The fourth-order valence-corrected chi connectivity index (χ4v) is 2.00. The molecule has 1 aliphatic rings. The third-order valence-corrected chi connectivity index (χ3v) is 3.37. The lowest BCUT2D eigenvalue weighted by atomic mass is 10.2. The summed E-state index contributed by atoms with van der Waals surface area (Å²) in [7, 11) is 0. The molecule has 0 amide bonds. The van der Waals surface area contributed by atoms with Crippen molar-refractivity contribution in [1.82, 2.24) is 9.80 Å². The predicted octanol–water partition coefficient (Wildman–Crippen LogP) is 1.73. The number of halogens is 3. The number of hydrogen-bond donors (Lipinski definition) is 1. The lowest BCUT2D eigenvalue weighted by molar-refractivity contribution is -0.149. The topological polar surface area (TPSA) is 6.48 Å². The van der Waals surface area contributed by atoms with E-state index in [0.717, 1.165) is 25.4 Å². The summed E-state index contributed by atoms with van der Waals surface area (Å²) in [6, 6.07) is 0. The number of piperazine rings is 1. The summed E-state index contributed by atoms with van der Waals surface area (Å²) < 4.78 is 36.4. The van der Waals surface area contributed by atoms with Gasteiger partial charge in [-0.1, -0.05) is 6.92 Å². The highest BCUT2D eigenvalue weighted by Crippen LogP contribution is 2.17. The van der Waals surface area contributed by atoms with Crippen molar-refractivity contribution in [2.45, 2.75) is 13.1 Å². The maximum atomic E-state index is 12.1. The Kier molecular flexibility index (Phi) is 5.40. The van der Waals surface area contributed by atoms with E-state index >= 15 is 0 Å². The van der Waals surface area contributed by atoms with E-state index in [2.05, 4.69) is 24.5 Å². The van der Waals surface area contributed by atoms with Crippen LogP contribution in [0.2, 0.25) is 0 Å². The fourth-order valence-electron chi connectivity index (χ4n) is 1.88. The first-order valence-electron chi connectivity index (χ1n) is 5.53. The van der Waals surface area contributed by atoms with Crippen LogP contribution in [0.15, 0.2) is 0 Å². The molecule has 0 saturated carbocycles. The minimum Gasteiger partial charge on any atom is -0.301 e. The Balaban J connectivity index is 2.23. The molecule has 1 aliphatic heterocycles. The van der Waals surface area contributed by atoms with Gasteiger partial charge in [0.1, 0.15) is 0 Å². The first-order valence-corrected chi connectivity index (χ1v) is 6.16. The number of thiol groups is 1. The van der Waals surface area contributed by atoms with E-state index in [0.29, 0.717) is 19.0 Å². The molecule has 0 bridgehead atoms. The number of alkyl halides is 3. The van der Waals surface area contributed by atoms with Gasteiger partial charge < -0.3 is 4.90 Å². The largest absolute Gasteiger partial charge is 0.401 e. The molecular weight excluding hydrogens is 237 g/mol. The Morgan fingerprint density at radius 3 is 2.06 bits per heavy atom. The van der Waals surface area contributed by atoms with Crippen molar-refractivity contribution in [3.8, 4) is 0 Å². The third kappa shape index (κ3) is 5.41. The predicted molar refractivity (Wildman–Crippen MR) is 62.0 cm³/mol. The molecule has 0 aliphatic carbocycles. The molecule has 1 fully saturated rings. The zero-order valence-corrected chi connectivity index (χ0v) is 10.4. The highest BCUT2D eigenvalue weighted by Gasteiger charge is 2.32. The van der Waals surface area contributed by atoms with Gasteiger partial charge in [0, 0.05) is 32.7 Å². The molecule has 96 valence electrons. The number of nitrogens with zero attached hydrogens (tertiary/aromatic N) is 2. The highest BCUT2D eigenvalue weighted by molar-refractivity contribution is 7.80. The second kappa shape index (κ2) is 6.12. The molecule has 1 unspecified atom stereocenters. The van der Waals surface area contributed by atoms with Crippen LogP contribution in [-0.4, -0.2) is 61.0 Å². The van der Waals surface area contributed by atoms with Gasteiger partial charge in [0.05, 0.1) is 6.54 Å². The van der Waals surface area contributed by atoms with Crippen molar-refractivity contribution in [3.05, 3.63) is 0 Å². The molecule has 0 spiro atoms. The summed E-state index contributed by atoms with van der Waals surface area (Å²) >= 11 is 4.20. The maximum absolute atomic E-state index is 12.1. The van der Waals surface area contributed by atoms with Gasteiger partial charge in [-0.05, 0) is 11.7 Å². The molecule has 0 aromatic heterocycles. The molecular formula is C10H19F3N2S. The first kappa shape index (κ1) is 14.1. The standard InChI is InChI=1S/C10H19F3N2S/c1-9(7-16)6-14-2-4-15(5-3-14)8-10(11,12)13/h9,16H,2-8H2,1H3. The molecule has 6 heteroatoms. The molecule has 16 heavy (non-hydrogen) atoms. The van der Waals surface area contributed by atoms with E-state index in [-0.39, 0.29) is 0 Å². The van der Waals surface area contributed by atoms with Crippen molar-refractivity contribution < 1.29 is 13.2 Å². The number of rotatable bonds is 4. The van der Waals surface area contributed by atoms with E-state index in [1.807, 2.05) is 0 Å². The summed E-state index contributed by atoms with van der Waals surface area (Å²) in [5.41, 5.74) is 0. The van der Waals surface area contributed by atoms with Gasteiger partial charge in [-0.15, -0.1) is 0 Å². The summed E-state index contributed by atoms with van der Waals surface area (Å²) in [4.78, 5) is 3.69. The van der Waals surface area contributed by atoms with Gasteiger partial charge in [-0.2, -0.15) is 25.8 Å². The van der Waals surface area contributed by atoms with Crippen LogP contribution in [0.3, 0.4) is 0 Å². The van der Waals surface area contributed by atoms with E-state index in [9.17, 15) is 13.2 Å². The smallest absolute Gasteiger partial charge is 0.301 e. The van der Waals surface area contributed by atoms with E-state index in [1.165, 1.54) is 4.90 Å². The third-order valence-electron chi connectivity index (χ3n) is 2.75. The zero-order valence-electron chi connectivity index (χ0n) is 9.50. The van der Waals surface area contributed by atoms with E-state index in [4.69, 9.17) is 0 Å². The molecule has 1 atom stereocenters. The van der Waals surface area contributed by atoms with E-state index in [1.54, 1.807) is 0 Å². The average molecular weight is 256 g/mol. The summed E-state index contributed by atoms with van der Waals surface area (Å²) in [5, 5.41) is 0. The SMILES string of the molecule is CC(CS)CN1CCN(CC(F)(F)F)CC1. The van der Waals surface area contributed by atoms with Gasteiger partial charge in [0.25, 0.3) is 0 Å². The molecule has 0 aromatic carbocycles. The second-order valence-corrected chi connectivity index (χ2v) is 4.84. The van der Waals surface area contributed by atoms with Crippen molar-refractivity contribution >= 4 is 12.6 Å². The maximum Gasteiger partial charge on any atom is 0.401 e. The number of hydrogen-bond acceptors (Lipinski definition) is 3. The van der Waals surface area contributed by atoms with Crippen molar-refractivity contribution in [3.63, 3.8) is 0 Å². The molecule has 1 saturated heterocycles. The van der Waals surface area contributed by atoms with Crippen molar-refractivity contribution in [2.24, 2.45) is 5.92 Å².